The number of rotatable bonds is 7. The molecule has 3 N–H and O–H groups in total. The monoisotopic (exact) mass is 200 g/mol. The van der Waals surface area contributed by atoms with E-state index in [0.29, 0.717) is 25.7 Å². The number of tetrazole rings is 1. The number of nitrogens with zero attached hydrogens (tertiary/aromatic N) is 4. The van der Waals surface area contributed by atoms with Crippen molar-refractivity contribution in [3.8, 4) is 0 Å². The van der Waals surface area contributed by atoms with Gasteiger partial charge in [0.25, 0.3) is 0 Å². The Morgan fingerprint density at radius 1 is 1.50 bits per heavy atom. The zero-order chi connectivity index (χ0) is 10.2. The van der Waals surface area contributed by atoms with Crippen LogP contribution in [0.15, 0.2) is 0 Å². The molecule has 0 spiro atoms. The van der Waals surface area contributed by atoms with Gasteiger partial charge in [0.05, 0.1) is 6.61 Å². The molecule has 0 fully saturated rings. The Kier molecular flexibility index (Phi) is 4.87. The minimum absolute atomic E-state index is 0.570. The van der Waals surface area contributed by atoms with Crippen molar-refractivity contribution >= 4 is 5.95 Å². The Labute approximate surface area is 82.6 Å². The summed E-state index contributed by atoms with van der Waals surface area (Å²) in [7, 11) is 1.78. The van der Waals surface area contributed by atoms with Gasteiger partial charge >= 0.3 is 0 Å². The molecule has 1 aromatic heterocycles. The largest absolute Gasteiger partial charge is 0.380 e. The smallest absolute Gasteiger partial charge is 0.242 e. The van der Waals surface area contributed by atoms with E-state index in [1.54, 1.807) is 11.7 Å². The molecule has 0 atom stereocenters. The van der Waals surface area contributed by atoms with Crippen LogP contribution in [0.1, 0.15) is 6.42 Å². The fourth-order valence-corrected chi connectivity index (χ4v) is 0.939. The van der Waals surface area contributed by atoms with Crippen molar-refractivity contribution in [1.29, 1.82) is 0 Å². The summed E-state index contributed by atoms with van der Waals surface area (Å²) in [6.07, 6.45) is 0.910. The molecule has 1 rings (SSSR count). The van der Waals surface area contributed by atoms with Crippen LogP contribution in [0.5, 0.6) is 0 Å². The van der Waals surface area contributed by atoms with E-state index >= 15 is 0 Å². The van der Waals surface area contributed by atoms with Crippen molar-refractivity contribution in [1.82, 2.24) is 20.2 Å². The Balaban J connectivity index is 2.02. The fraction of sp³-hybridized carbons (Fsp3) is 0.857. The van der Waals surface area contributed by atoms with Crippen molar-refractivity contribution < 1.29 is 4.74 Å². The number of aromatic nitrogens is 4. The summed E-state index contributed by atoms with van der Waals surface area (Å²) >= 11 is 0. The van der Waals surface area contributed by atoms with E-state index in [1.807, 2.05) is 0 Å². The van der Waals surface area contributed by atoms with Gasteiger partial charge in [-0.15, -0.1) is 0 Å². The minimum atomic E-state index is 0.570. The van der Waals surface area contributed by atoms with Crippen molar-refractivity contribution in [2.24, 2.45) is 12.8 Å². The molecule has 80 valence electrons. The van der Waals surface area contributed by atoms with Gasteiger partial charge in [0.1, 0.15) is 0 Å². The highest BCUT2D eigenvalue weighted by Crippen LogP contribution is 1.95. The molecule has 0 saturated heterocycles. The van der Waals surface area contributed by atoms with Crippen LogP contribution in [-0.4, -0.2) is 46.5 Å². The first-order valence-corrected chi connectivity index (χ1v) is 4.58. The van der Waals surface area contributed by atoms with Gasteiger partial charge in [-0.1, -0.05) is 5.10 Å². The van der Waals surface area contributed by atoms with Crippen molar-refractivity contribution in [2.45, 2.75) is 6.42 Å². The third kappa shape index (κ3) is 3.67. The number of ether oxygens (including phenoxy) is 1. The molecule has 0 bridgehead atoms. The zero-order valence-electron chi connectivity index (χ0n) is 8.31. The lowest BCUT2D eigenvalue weighted by Gasteiger charge is -2.04. The summed E-state index contributed by atoms with van der Waals surface area (Å²) in [4.78, 5) is 0. The van der Waals surface area contributed by atoms with Gasteiger partial charge in [-0.05, 0) is 16.8 Å². The highest BCUT2D eigenvalue weighted by molar-refractivity contribution is 5.20. The molecule has 0 aliphatic heterocycles. The lowest BCUT2D eigenvalue weighted by Crippen LogP contribution is -2.12. The van der Waals surface area contributed by atoms with E-state index in [-0.39, 0.29) is 0 Å². The predicted molar refractivity (Wildman–Crippen MR) is 51.8 cm³/mol. The van der Waals surface area contributed by atoms with Gasteiger partial charge < -0.3 is 15.8 Å². The van der Waals surface area contributed by atoms with Crippen LogP contribution in [0, 0.1) is 0 Å². The highest BCUT2D eigenvalue weighted by atomic mass is 16.5. The van der Waals surface area contributed by atoms with Gasteiger partial charge in [0, 0.05) is 26.7 Å². The van der Waals surface area contributed by atoms with E-state index in [4.69, 9.17) is 10.5 Å². The first-order chi connectivity index (χ1) is 6.84. The van der Waals surface area contributed by atoms with E-state index in [0.717, 1.165) is 13.0 Å². The number of anilines is 1. The number of hydrogen-bond acceptors (Lipinski definition) is 6. The summed E-state index contributed by atoms with van der Waals surface area (Å²) < 4.78 is 6.79. The van der Waals surface area contributed by atoms with E-state index in [1.165, 1.54) is 0 Å². The van der Waals surface area contributed by atoms with Crippen molar-refractivity contribution in [2.75, 3.05) is 31.6 Å². The molecule has 7 heteroatoms. The molecule has 1 heterocycles. The van der Waals surface area contributed by atoms with E-state index in [2.05, 4.69) is 20.8 Å². The molecule has 0 aliphatic carbocycles. The second-order valence-corrected chi connectivity index (χ2v) is 2.81. The van der Waals surface area contributed by atoms with E-state index in [9.17, 15) is 0 Å². The maximum absolute atomic E-state index is 5.27. The molecule has 0 radical (unpaired) electrons. The summed E-state index contributed by atoms with van der Waals surface area (Å²) in [5.41, 5.74) is 5.27. The Hall–Kier alpha value is -1.21. The lowest BCUT2D eigenvalue weighted by molar-refractivity contribution is 0.141. The molecule has 7 nitrogen and oxygen atoms in total. The molecular formula is C7H16N6O. The number of nitrogens with two attached hydrogens (primary N) is 1. The lowest BCUT2D eigenvalue weighted by atomic mass is 10.4. The fourth-order valence-electron chi connectivity index (χ4n) is 0.939. The Morgan fingerprint density at radius 2 is 2.36 bits per heavy atom. The second-order valence-electron chi connectivity index (χ2n) is 2.81. The van der Waals surface area contributed by atoms with Crippen LogP contribution in [0.4, 0.5) is 5.95 Å². The topological polar surface area (TPSA) is 90.9 Å². The van der Waals surface area contributed by atoms with Crippen LogP contribution in [0.25, 0.3) is 0 Å². The van der Waals surface area contributed by atoms with Crippen molar-refractivity contribution in [3.05, 3.63) is 0 Å². The average molecular weight is 200 g/mol. The first kappa shape index (κ1) is 10.9. The minimum Gasteiger partial charge on any atom is -0.380 e. The molecular weight excluding hydrogens is 184 g/mol. The van der Waals surface area contributed by atoms with Gasteiger partial charge in [0.15, 0.2) is 0 Å². The average Bonchev–Trinajstić information content (AvgIpc) is 2.58. The maximum Gasteiger partial charge on any atom is 0.242 e. The molecule has 14 heavy (non-hydrogen) atoms. The molecule has 0 amide bonds. The summed E-state index contributed by atoms with van der Waals surface area (Å²) in [6.45, 7) is 2.68. The van der Waals surface area contributed by atoms with Gasteiger partial charge in [-0.25, -0.2) is 4.68 Å². The summed E-state index contributed by atoms with van der Waals surface area (Å²) in [6, 6.07) is 0. The van der Waals surface area contributed by atoms with Crippen LogP contribution < -0.4 is 11.1 Å². The zero-order valence-corrected chi connectivity index (χ0v) is 8.31. The van der Waals surface area contributed by atoms with Crippen LogP contribution in [-0.2, 0) is 11.8 Å². The SMILES string of the molecule is Cn1nnnc1NCCCOCCN. The Morgan fingerprint density at radius 3 is 3.00 bits per heavy atom. The molecule has 0 unspecified atom stereocenters. The third-order valence-corrected chi connectivity index (χ3v) is 1.63. The normalized spacial score (nSPS) is 10.4. The second kappa shape index (κ2) is 6.28. The van der Waals surface area contributed by atoms with Gasteiger partial charge in [-0.2, -0.15) is 0 Å². The number of aryl methyl sites for hydroxylation is 1. The van der Waals surface area contributed by atoms with Crippen molar-refractivity contribution in [3.63, 3.8) is 0 Å². The van der Waals surface area contributed by atoms with Crippen LogP contribution in [0.3, 0.4) is 0 Å². The standard InChI is InChI=1S/C7H16N6O/c1-13-7(10-11-12-13)9-4-2-5-14-6-3-8/h2-6,8H2,1H3,(H,9,10,12). The van der Waals surface area contributed by atoms with Gasteiger partial charge in [0.2, 0.25) is 5.95 Å². The highest BCUT2D eigenvalue weighted by Gasteiger charge is 1.98. The Bertz CT molecular complexity index is 250. The summed E-state index contributed by atoms with van der Waals surface area (Å²) in [5, 5.41) is 14.1. The van der Waals surface area contributed by atoms with Crippen LogP contribution in [0.2, 0.25) is 0 Å². The predicted octanol–water partition coefficient (Wildman–Crippen LogP) is -1.01. The first-order valence-electron chi connectivity index (χ1n) is 4.58. The van der Waals surface area contributed by atoms with Gasteiger partial charge in [-0.3, -0.25) is 0 Å². The number of nitrogens with one attached hydrogen (secondary N) is 1. The summed E-state index contributed by atoms with van der Waals surface area (Å²) in [5.74, 6) is 0.670. The number of hydrogen-bond donors (Lipinski definition) is 2. The van der Waals surface area contributed by atoms with Crippen LogP contribution >= 0.6 is 0 Å². The molecule has 0 aliphatic rings. The third-order valence-electron chi connectivity index (χ3n) is 1.63. The maximum atomic E-state index is 5.27. The quantitative estimate of drug-likeness (QED) is 0.548. The molecule has 0 saturated carbocycles. The molecule has 0 aromatic carbocycles. The van der Waals surface area contributed by atoms with E-state index < -0.39 is 0 Å². The molecule has 1 aromatic rings.